The molecule has 2 aromatic rings. The second-order valence-electron chi connectivity index (χ2n) is 5.58. The summed E-state index contributed by atoms with van der Waals surface area (Å²) in [7, 11) is 1.87. The monoisotopic (exact) mass is 316 g/mol. The molecular weight excluding hydrogens is 296 g/mol. The maximum Gasteiger partial charge on any atom is 0.265 e. The number of piperidine rings is 1. The lowest BCUT2D eigenvalue weighted by molar-refractivity contribution is 0.0711. The molecule has 1 saturated heterocycles. The Labute approximate surface area is 134 Å². The molecule has 1 N–H and O–H groups in total. The number of hydrogen-bond acceptors (Lipinski definition) is 5. The number of pyridine rings is 1. The summed E-state index contributed by atoms with van der Waals surface area (Å²) < 4.78 is 0. The van der Waals surface area contributed by atoms with Crippen LogP contribution in [0, 0.1) is 6.92 Å². The van der Waals surface area contributed by atoms with Crippen molar-refractivity contribution < 1.29 is 4.79 Å². The minimum Gasteiger partial charge on any atom is -0.373 e. The third-order valence-electron chi connectivity index (χ3n) is 4.16. The number of anilines is 1. The molecular formula is C16H20N4OS. The molecule has 0 radical (unpaired) electrons. The number of rotatable bonds is 3. The quantitative estimate of drug-likeness (QED) is 0.946. The average molecular weight is 316 g/mol. The fourth-order valence-electron chi connectivity index (χ4n) is 2.92. The van der Waals surface area contributed by atoms with Gasteiger partial charge in [-0.1, -0.05) is 0 Å². The van der Waals surface area contributed by atoms with E-state index in [1.54, 1.807) is 5.51 Å². The van der Waals surface area contributed by atoms with E-state index >= 15 is 0 Å². The van der Waals surface area contributed by atoms with E-state index in [9.17, 15) is 4.79 Å². The summed E-state index contributed by atoms with van der Waals surface area (Å²) >= 11 is 1.43. The molecule has 0 saturated carbocycles. The number of amides is 1. The van der Waals surface area contributed by atoms with E-state index in [-0.39, 0.29) is 5.91 Å². The van der Waals surface area contributed by atoms with E-state index < -0.39 is 0 Å². The maximum atomic E-state index is 12.7. The molecule has 1 fully saturated rings. The highest BCUT2D eigenvalue weighted by atomic mass is 32.1. The minimum absolute atomic E-state index is 0.118. The van der Waals surface area contributed by atoms with Crippen molar-refractivity contribution in [3.8, 4) is 0 Å². The summed E-state index contributed by atoms with van der Waals surface area (Å²) in [5.74, 6) is 1.37. The average Bonchev–Trinajstić information content (AvgIpc) is 3.00. The zero-order valence-electron chi connectivity index (χ0n) is 12.9. The lowest BCUT2D eigenvalue weighted by atomic mass is 9.91. The van der Waals surface area contributed by atoms with E-state index in [4.69, 9.17) is 0 Å². The molecule has 1 amide bonds. The molecule has 0 bridgehead atoms. The molecule has 2 aromatic heterocycles. The van der Waals surface area contributed by atoms with Crippen LogP contribution in [-0.2, 0) is 0 Å². The number of aryl methyl sites for hydroxylation is 1. The fourth-order valence-corrected chi connectivity index (χ4v) is 3.69. The molecule has 3 rings (SSSR count). The van der Waals surface area contributed by atoms with E-state index in [0.717, 1.165) is 42.3 Å². The first-order chi connectivity index (χ1) is 10.7. The Morgan fingerprint density at radius 1 is 1.45 bits per heavy atom. The molecule has 22 heavy (non-hydrogen) atoms. The summed E-state index contributed by atoms with van der Waals surface area (Å²) in [6.45, 7) is 3.49. The van der Waals surface area contributed by atoms with Gasteiger partial charge < -0.3 is 10.2 Å². The van der Waals surface area contributed by atoms with Crippen LogP contribution in [0.25, 0.3) is 0 Å². The molecule has 3 heterocycles. The molecule has 5 nitrogen and oxygen atoms in total. The van der Waals surface area contributed by atoms with Gasteiger partial charge in [0.1, 0.15) is 10.7 Å². The second kappa shape index (κ2) is 6.44. The zero-order valence-corrected chi connectivity index (χ0v) is 13.7. The number of aromatic nitrogens is 2. The summed E-state index contributed by atoms with van der Waals surface area (Å²) in [5, 5.41) is 3.07. The zero-order chi connectivity index (χ0) is 15.5. The van der Waals surface area contributed by atoms with Gasteiger partial charge in [-0.05, 0) is 37.5 Å². The van der Waals surface area contributed by atoms with Crippen molar-refractivity contribution in [2.45, 2.75) is 25.7 Å². The van der Waals surface area contributed by atoms with Crippen molar-refractivity contribution in [3.05, 3.63) is 40.0 Å². The van der Waals surface area contributed by atoms with Gasteiger partial charge in [0, 0.05) is 32.3 Å². The van der Waals surface area contributed by atoms with Gasteiger partial charge in [-0.2, -0.15) is 0 Å². The van der Waals surface area contributed by atoms with E-state index in [1.807, 2.05) is 25.1 Å². The maximum absolute atomic E-state index is 12.7. The van der Waals surface area contributed by atoms with Gasteiger partial charge in [-0.3, -0.25) is 4.79 Å². The van der Waals surface area contributed by atoms with Crippen molar-refractivity contribution in [1.82, 2.24) is 14.9 Å². The van der Waals surface area contributed by atoms with Gasteiger partial charge in [0.05, 0.1) is 11.2 Å². The summed E-state index contributed by atoms with van der Waals surface area (Å²) in [6.07, 6.45) is 3.97. The number of nitrogens with one attached hydrogen (secondary N) is 1. The van der Waals surface area contributed by atoms with Crippen LogP contribution in [0.5, 0.6) is 0 Å². The van der Waals surface area contributed by atoms with Gasteiger partial charge in [-0.25, -0.2) is 9.97 Å². The number of likely N-dealkylation sites (tertiary alicyclic amines) is 1. The highest BCUT2D eigenvalue weighted by Crippen LogP contribution is 2.29. The molecule has 1 aliphatic rings. The first-order valence-corrected chi connectivity index (χ1v) is 8.40. The molecule has 1 aliphatic heterocycles. The molecule has 116 valence electrons. The van der Waals surface area contributed by atoms with E-state index in [0.29, 0.717) is 5.92 Å². The number of carbonyl (C=O) groups is 1. The van der Waals surface area contributed by atoms with E-state index in [1.165, 1.54) is 16.9 Å². The van der Waals surface area contributed by atoms with Crippen molar-refractivity contribution in [2.24, 2.45) is 0 Å². The number of thiazole rings is 1. The van der Waals surface area contributed by atoms with Gasteiger partial charge in [-0.15, -0.1) is 11.3 Å². The van der Waals surface area contributed by atoms with Gasteiger partial charge in [0.2, 0.25) is 0 Å². The van der Waals surface area contributed by atoms with Crippen LogP contribution >= 0.6 is 11.3 Å². The van der Waals surface area contributed by atoms with Crippen molar-refractivity contribution >= 4 is 23.1 Å². The Bertz CT molecular complexity index is 670. The van der Waals surface area contributed by atoms with Gasteiger partial charge in [0.15, 0.2) is 0 Å². The van der Waals surface area contributed by atoms with Crippen LogP contribution in [-0.4, -0.2) is 40.9 Å². The number of nitrogens with zero attached hydrogens (tertiary/aromatic N) is 3. The summed E-state index contributed by atoms with van der Waals surface area (Å²) in [4.78, 5) is 23.8. The Kier molecular flexibility index (Phi) is 4.38. The van der Waals surface area contributed by atoms with Crippen LogP contribution in [0.15, 0.2) is 23.8 Å². The van der Waals surface area contributed by atoms with Gasteiger partial charge in [0.25, 0.3) is 5.91 Å². The second-order valence-corrected chi connectivity index (χ2v) is 6.44. The third kappa shape index (κ3) is 2.97. The molecule has 6 heteroatoms. The lowest BCUT2D eigenvalue weighted by Crippen LogP contribution is -2.39. The third-order valence-corrected chi connectivity index (χ3v) is 5.08. The van der Waals surface area contributed by atoms with Crippen LogP contribution in [0.3, 0.4) is 0 Å². The molecule has 0 unspecified atom stereocenters. The first-order valence-electron chi connectivity index (χ1n) is 7.52. The molecule has 0 aliphatic carbocycles. The van der Waals surface area contributed by atoms with Crippen LogP contribution in [0.1, 0.15) is 39.7 Å². The highest BCUT2D eigenvalue weighted by molar-refractivity contribution is 7.11. The minimum atomic E-state index is 0.118. The lowest BCUT2D eigenvalue weighted by Gasteiger charge is -2.33. The Morgan fingerprint density at radius 3 is 3.05 bits per heavy atom. The topological polar surface area (TPSA) is 58.1 Å². The van der Waals surface area contributed by atoms with Crippen LogP contribution in [0.4, 0.5) is 5.82 Å². The standard InChI is InChI=1S/C16H20N4OS/c1-11-15(22-10-19-11)16(21)20-7-3-4-13(9-20)12-5-6-18-14(8-12)17-2/h5-6,8,10,13H,3-4,7,9H2,1-2H3,(H,17,18)/t13-/m1/s1. The number of carbonyl (C=O) groups excluding carboxylic acids is 1. The predicted octanol–water partition coefficient (Wildman–Crippen LogP) is 2.91. The van der Waals surface area contributed by atoms with Crippen LogP contribution < -0.4 is 5.32 Å². The van der Waals surface area contributed by atoms with E-state index in [2.05, 4.69) is 27.4 Å². The fraction of sp³-hybridized carbons (Fsp3) is 0.438. The van der Waals surface area contributed by atoms with Gasteiger partial charge >= 0.3 is 0 Å². The van der Waals surface area contributed by atoms with Crippen molar-refractivity contribution in [1.29, 1.82) is 0 Å². The largest absolute Gasteiger partial charge is 0.373 e. The number of hydrogen-bond donors (Lipinski definition) is 1. The molecule has 1 atom stereocenters. The van der Waals surface area contributed by atoms with Crippen molar-refractivity contribution in [3.63, 3.8) is 0 Å². The predicted molar refractivity (Wildman–Crippen MR) is 88.5 cm³/mol. The first kappa shape index (κ1) is 15.0. The Hall–Kier alpha value is -1.95. The smallest absolute Gasteiger partial charge is 0.265 e. The SMILES string of the molecule is CNc1cc([C@@H]2CCCN(C(=O)c3scnc3C)C2)ccn1. The summed E-state index contributed by atoms with van der Waals surface area (Å²) in [5.41, 5.74) is 3.82. The Morgan fingerprint density at radius 2 is 2.32 bits per heavy atom. The highest BCUT2D eigenvalue weighted by Gasteiger charge is 2.27. The normalized spacial score (nSPS) is 18.3. The summed E-state index contributed by atoms with van der Waals surface area (Å²) in [6, 6.07) is 4.13. The Balaban J connectivity index is 1.76. The molecule has 0 aromatic carbocycles. The van der Waals surface area contributed by atoms with Crippen LogP contribution in [0.2, 0.25) is 0 Å². The van der Waals surface area contributed by atoms with Crippen molar-refractivity contribution in [2.75, 3.05) is 25.5 Å². The molecule has 0 spiro atoms.